The lowest BCUT2D eigenvalue weighted by Crippen LogP contribution is -2.41. The SMILES string of the molecule is Cc1cc(C(=O)N2CCCCCC2CBr)c(F)cc1F. The number of rotatable bonds is 2. The Morgan fingerprint density at radius 3 is 2.75 bits per heavy atom. The number of aryl methyl sites for hydroxylation is 1. The van der Waals surface area contributed by atoms with Gasteiger partial charge in [0, 0.05) is 24.0 Å². The van der Waals surface area contributed by atoms with E-state index in [1.165, 1.54) is 13.0 Å². The van der Waals surface area contributed by atoms with Crippen molar-refractivity contribution in [3.05, 3.63) is 34.9 Å². The second-order valence-corrected chi connectivity index (χ2v) is 5.88. The number of likely N-dealkylation sites (tertiary alicyclic amines) is 1. The molecular formula is C15H18BrF2NO. The molecule has 1 amide bonds. The van der Waals surface area contributed by atoms with Gasteiger partial charge in [0.05, 0.1) is 5.56 Å². The molecule has 20 heavy (non-hydrogen) atoms. The highest BCUT2D eigenvalue weighted by Gasteiger charge is 2.27. The van der Waals surface area contributed by atoms with E-state index >= 15 is 0 Å². The van der Waals surface area contributed by atoms with Gasteiger partial charge in [-0.3, -0.25) is 4.79 Å². The Balaban J connectivity index is 2.31. The van der Waals surface area contributed by atoms with E-state index in [1.54, 1.807) is 4.90 Å². The van der Waals surface area contributed by atoms with E-state index in [2.05, 4.69) is 15.9 Å². The first-order valence-electron chi connectivity index (χ1n) is 6.87. The van der Waals surface area contributed by atoms with Crippen LogP contribution in [0.15, 0.2) is 12.1 Å². The van der Waals surface area contributed by atoms with Gasteiger partial charge in [0.2, 0.25) is 0 Å². The van der Waals surface area contributed by atoms with Crippen LogP contribution in [-0.4, -0.2) is 28.7 Å². The van der Waals surface area contributed by atoms with Gasteiger partial charge in [0.15, 0.2) is 0 Å². The standard InChI is InChI=1S/C15H18BrF2NO/c1-10-7-12(14(18)8-13(10)17)15(20)19-6-4-2-3-5-11(19)9-16/h7-8,11H,2-6,9H2,1H3. The summed E-state index contributed by atoms with van der Waals surface area (Å²) in [5.41, 5.74) is 0.261. The van der Waals surface area contributed by atoms with Crippen molar-refractivity contribution in [2.24, 2.45) is 0 Å². The van der Waals surface area contributed by atoms with Gasteiger partial charge in [0.1, 0.15) is 11.6 Å². The third-order valence-corrected chi connectivity index (χ3v) is 4.54. The van der Waals surface area contributed by atoms with E-state index in [-0.39, 0.29) is 17.5 Å². The summed E-state index contributed by atoms with van der Waals surface area (Å²) < 4.78 is 27.2. The van der Waals surface area contributed by atoms with Crippen LogP contribution in [0, 0.1) is 18.6 Å². The molecule has 1 fully saturated rings. The molecule has 2 rings (SSSR count). The molecule has 0 aromatic heterocycles. The fraction of sp³-hybridized carbons (Fsp3) is 0.533. The Kier molecular flexibility index (Phi) is 5.13. The van der Waals surface area contributed by atoms with Crippen LogP contribution in [0.3, 0.4) is 0 Å². The van der Waals surface area contributed by atoms with Crippen LogP contribution >= 0.6 is 15.9 Å². The smallest absolute Gasteiger partial charge is 0.257 e. The van der Waals surface area contributed by atoms with Crippen molar-refractivity contribution in [3.8, 4) is 0 Å². The van der Waals surface area contributed by atoms with Crippen LogP contribution in [-0.2, 0) is 0 Å². The monoisotopic (exact) mass is 345 g/mol. The molecule has 0 bridgehead atoms. The van der Waals surface area contributed by atoms with Crippen LogP contribution in [0.2, 0.25) is 0 Å². The van der Waals surface area contributed by atoms with Crippen LogP contribution in [0.4, 0.5) is 8.78 Å². The molecule has 0 saturated carbocycles. The highest BCUT2D eigenvalue weighted by atomic mass is 79.9. The van der Waals surface area contributed by atoms with Crippen molar-refractivity contribution in [1.29, 1.82) is 0 Å². The second-order valence-electron chi connectivity index (χ2n) is 5.24. The molecule has 0 spiro atoms. The third-order valence-electron chi connectivity index (χ3n) is 3.79. The summed E-state index contributed by atoms with van der Waals surface area (Å²) in [6.45, 7) is 2.17. The van der Waals surface area contributed by atoms with E-state index in [0.717, 1.165) is 31.7 Å². The zero-order chi connectivity index (χ0) is 14.7. The fourth-order valence-electron chi connectivity index (χ4n) is 2.58. The fourth-order valence-corrected chi connectivity index (χ4v) is 3.25. The van der Waals surface area contributed by atoms with Crippen molar-refractivity contribution in [1.82, 2.24) is 4.90 Å². The van der Waals surface area contributed by atoms with Gasteiger partial charge in [-0.1, -0.05) is 28.8 Å². The summed E-state index contributed by atoms with van der Waals surface area (Å²) in [5.74, 6) is -1.74. The molecule has 0 aliphatic carbocycles. The summed E-state index contributed by atoms with van der Waals surface area (Å²) in [4.78, 5) is 14.3. The number of carbonyl (C=O) groups excluding carboxylic acids is 1. The number of benzene rings is 1. The van der Waals surface area contributed by atoms with Gasteiger partial charge >= 0.3 is 0 Å². The van der Waals surface area contributed by atoms with Crippen molar-refractivity contribution in [2.45, 2.75) is 38.6 Å². The van der Waals surface area contributed by atoms with Gasteiger partial charge in [-0.05, 0) is 31.4 Å². The molecule has 0 N–H and O–H groups in total. The van der Waals surface area contributed by atoms with Crippen LogP contribution in [0.1, 0.15) is 41.6 Å². The van der Waals surface area contributed by atoms with E-state index < -0.39 is 11.6 Å². The maximum absolute atomic E-state index is 13.9. The predicted octanol–water partition coefficient (Wildman–Crippen LogP) is 4.05. The molecule has 0 radical (unpaired) electrons. The van der Waals surface area contributed by atoms with E-state index in [1.807, 2.05) is 0 Å². The van der Waals surface area contributed by atoms with Crippen LogP contribution in [0.5, 0.6) is 0 Å². The molecule has 1 aliphatic heterocycles. The summed E-state index contributed by atoms with van der Waals surface area (Å²) >= 11 is 3.42. The lowest BCUT2D eigenvalue weighted by Gasteiger charge is -2.29. The minimum atomic E-state index is -0.782. The molecule has 1 aliphatic rings. The average Bonchev–Trinajstić information content (AvgIpc) is 2.67. The molecule has 1 unspecified atom stereocenters. The molecule has 1 heterocycles. The summed E-state index contributed by atoms with van der Waals surface area (Å²) in [5, 5.41) is 0.681. The van der Waals surface area contributed by atoms with Crippen molar-refractivity contribution in [3.63, 3.8) is 0 Å². The summed E-state index contributed by atoms with van der Waals surface area (Å²) in [6, 6.07) is 2.18. The Bertz CT molecular complexity index is 507. The van der Waals surface area contributed by atoms with Crippen molar-refractivity contribution >= 4 is 21.8 Å². The zero-order valence-electron chi connectivity index (χ0n) is 11.5. The number of amides is 1. The number of hydrogen-bond donors (Lipinski definition) is 0. The molecular weight excluding hydrogens is 328 g/mol. The zero-order valence-corrected chi connectivity index (χ0v) is 13.1. The average molecular weight is 346 g/mol. The number of carbonyl (C=O) groups is 1. The number of hydrogen-bond acceptors (Lipinski definition) is 1. The normalized spacial score (nSPS) is 19.8. The summed E-state index contributed by atoms with van der Waals surface area (Å²) in [7, 11) is 0. The highest BCUT2D eigenvalue weighted by Crippen LogP contribution is 2.23. The van der Waals surface area contributed by atoms with Crippen LogP contribution in [0.25, 0.3) is 0 Å². The molecule has 1 aromatic carbocycles. The first-order valence-corrected chi connectivity index (χ1v) is 7.99. The minimum absolute atomic E-state index is 0.0308. The topological polar surface area (TPSA) is 20.3 Å². The van der Waals surface area contributed by atoms with Gasteiger partial charge in [0.25, 0.3) is 5.91 Å². The van der Waals surface area contributed by atoms with Gasteiger partial charge in [-0.15, -0.1) is 0 Å². The molecule has 1 atom stereocenters. The van der Waals surface area contributed by atoms with E-state index in [9.17, 15) is 13.6 Å². The minimum Gasteiger partial charge on any atom is -0.335 e. The lowest BCUT2D eigenvalue weighted by molar-refractivity contribution is 0.0697. The Morgan fingerprint density at radius 1 is 1.30 bits per heavy atom. The van der Waals surface area contributed by atoms with Crippen LogP contribution < -0.4 is 0 Å². The first-order chi connectivity index (χ1) is 9.54. The molecule has 2 nitrogen and oxygen atoms in total. The van der Waals surface area contributed by atoms with Gasteiger partial charge in [-0.2, -0.15) is 0 Å². The third kappa shape index (κ3) is 3.19. The predicted molar refractivity (Wildman–Crippen MR) is 78.2 cm³/mol. The largest absolute Gasteiger partial charge is 0.335 e. The number of alkyl halides is 1. The van der Waals surface area contributed by atoms with Gasteiger partial charge < -0.3 is 4.90 Å². The number of halogens is 3. The Hall–Kier alpha value is -0.970. The Labute approximate surface area is 126 Å². The molecule has 1 saturated heterocycles. The molecule has 5 heteroatoms. The summed E-state index contributed by atoms with van der Waals surface area (Å²) in [6.07, 6.45) is 4.00. The van der Waals surface area contributed by atoms with Gasteiger partial charge in [-0.25, -0.2) is 8.78 Å². The highest BCUT2D eigenvalue weighted by molar-refractivity contribution is 9.09. The lowest BCUT2D eigenvalue weighted by atomic mass is 10.1. The second kappa shape index (κ2) is 6.66. The van der Waals surface area contributed by atoms with Crippen molar-refractivity contribution in [2.75, 3.05) is 11.9 Å². The maximum Gasteiger partial charge on any atom is 0.257 e. The van der Waals surface area contributed by atoms with Crippen molar-refractivity contribution < 1.29 is 13.6 Å². The Morgan fingerprint density at radius 2 is 2.05 bits per heavy atom. The first kappa shape index (κ1) is 15.4. The molecule has 1 aromatic rings. The quantitative estimate of drug-likeness (QED) is 0.740. The van der Waals surface area contributed by atoms with E-state index in [4.69, 9.17) is 0 Å². The molecule has 110 valence electrons. The maximum atomic E-state index is 13.9. The number of nitrogens with zero attached hydrogens (tertiary/aromatic N) is 1. The van der Waals surface area contributed by atoms with E-state index in [0.29, 0.717) is 17.4 Å².